The van der Waals surface area contributed by atoms with Crippen LogP contribution in [-0.4, -0.2) is 37.4 Å². The minimum absolute atomic E-state index is 0.0330. The molecule has 6 nitrogen and oxygen atoms in total. The smallest absolute Gasteiger partial charge is 0.246 e. The second-order valence-electron chi connectivity index (χ2n) is 6.98. The predicted octanol–water partition coefficient (Wildman–Crippen LogP) is 4.60. The molecule has 31 heavy (non-hydrogen) atoms. The number of hydrogen-bond donors (Lipinski definition) is 2. The number of carbonyl (C=O) groups excluding carboxylic acids is 2. The molecular weight excluding hydrogens is 414 g/mol. The Kier molecular flexibility index (Phi) is 7.65. The van der Waals surface area contributed by atoms with Gasteiger partial charge >= 0.3 is 0 Å². The van der Waals surface area contributed by atoms with E-state index in [9.17, 15) is 9.59 Å². The molecule has 1 atom stereocenters. The van der Waals surface area contributed by atoms with Gasteiger partial charge in [-0.3, -0.25) is 14.5 Å². The second kappa shape index (κ2) is 10.6. The fourth-order valence-electron chi connectivity index (χ4n) is 3.24. The number of benzene rings is 3. The van der Waals surface area contributed by atoms with Crippen LogP contribution in [0, 0.1) is 0 Å². The van der Waals surface area contributed by atoms with Crippen LogP contribution in [0.15, 0.2) is 78.9 Å². The average molecular weight is 438 g/mol. The van der Waals surface area contributed by atoms with Gasteiger partial charge in [0.1, 0.15) is 11.8 Å². The highest BCUT2D eigenvalue weighted by atomic mass is 35.5. The van der Waals surface area contributed by atoms with Crippen molar-refractivity contribution in [1.82, 2.24) is 4.90 Å². The van der Waals surface area contributed by atoms with Gasteiger partial charge in [-0.1, -0.05) is 60.1 Å². The van der Waals surface area contributed by atoms with Crippen molar-refractivity contribution in [2.75, 3.05) is 31.3 Å². The van der Waals surface area contributed by atoms with Gasteiger partial charge in [-0.05, 0) is 42.9 Å². The molecule has 2 amide bonds. The molecule has 0 saturated heterocycles. The van der Waals surface area contributed by atoms with Crippen LogP contribution in [0.4, 0.5) is 11.4 Å². The first-order valence-corrected chi connectivity index (χ1v) is 10.1. The zero-order valence-electron chi connectivity index (χ0n) is 17.3. The Morgan fingerprint density at radius 3 is 2.19 bits per heavy atom. The number of ether oxygens (including phenoxy) is 1. The summed E-state index contributed by atoms with van der Waals surface area (Å²) in [5.41, 5.74) is 2.02. The van der Waals surface area contributed by atoms with E-state index in [1.165, 1.54) is 7.11 Å². The van der Waals surface area contributed by atoms with Crippen LogP contribution >= 0.6 is 11.6 Å². The first-order chi connectivity index (χ1) is 15.0. The van der Waals surface area contributed by atoms with E-state index in [2.05, 4.69) is 10.6 Å². The molecule has 0 heterocycles. The molecule has 3 aromatic carbocycles. The molecule has 0 bridgehead atoms. The second-order valence-corrected chi connectivity index (χ2v) is 7.39. The van der Waals surface area contributed by atoms with Crippen LogP contribution in [0.3, 0.4) is 0 Å². The Balaban J connectivity index is 1.76. The van der Waals surface area contributed by atoms with E-state index < -0.39 is 6.04 Å². The molecule has 0 spiro atoms. The molecular formula is C24H24ClN3O3. The van der Waals surface area contributed by atoms with Gasteiger partial charge < -0.3 is 15.4 Å². The van der Waals surface area contributed by atoms with Crippen molar-refractivity contribution >= 4 is 34.8 Å². The lowest BCUT2D eigenvalue weighted by atomic mass is 10.0. The van der Waals surface area contributed by atoms with Gasteiger partial charge in [0.05, 0.1) is 18.7 Å². The summed E-state index contributed by atoms with van der Waals surface area (Å²) in [6.07, 6.45) is 0. The van der Waals surface area contributed by atoms with E-state index in [4.69, 9.17) is 16.3 Å². The third kappa shape index (κ3) is 6.07. The van der Waals surface area contributed by atoms with Crippen molar-refractivity contribution in [3.8, 4) is 5.75 Å². The Bertz CT molecular complexity index is 1030. The molecule has 0 aliphatic heterocycles. The van der Waals surface area contributed by atoms with Crippen molar-refractivity contribution in [1.29, 1.82) is 0 Å². The number of methoxy groups -OCH3 is 1. The molecule has 0 aliphatic rings. The van der Waals surface area contributed by atoms with Crippen molar-refractivity contribution in [3.63, 3.8) is 0 Å². The zero-order valence-corrected chi connectivity index (χ0v) is 18.1. The SMILES string of the molecule is COc1ccc(NC(=O)C(c2ccccc2)N(C)CC(=O)Nc2ccccc2)cc1Cl. The number of amides is 2. The Morgan fingerprint density at radius 2 is 1.58 bits per heavy atom. The van der Waals surface area contributed by atoms with Crippen molar-refractivity contribution in [3.05, 3.63) is 89.4 Å². The maximum absolute atomic E-state index is 13.2. The minimum atomic E-state index is -0.677. The highest BCUT2D eigenvalue weighted by Crippen LogP contribution is 2.28. The molecule has 7 heteroatoms. The number of carbonyl (C=O) groups is 2. The topological polar surface area (TPSA) is 70.7 Å². The summed E-state index contributed by atoms with van der Waals surface area (Å²) in [5, 5.41) is 6.12. The van der Waals surface area contributed by atoms with E-state index in [0.29, 0.717) is 22.1 Å². The summed E-state index contributed by atoms with van der Waals surface area (Å²) >= 11 is 6.18. The summed E-state index contributed by atoms with van der Waals surface area (Å²) in [5.74, 6) is 0.0337. The third-order valence-electron chi connectivity index (χ3n) is 4.67. The number of rotatable bonds is 8. The summed E-state index contributed by atoms with van der Waals surface area (Å²) in [6, 6.07) is 22.9. The molecule has 3 rings (SSSR count). The molecule has 0 aromatic heterocycles. The molecule has 0 aliphatic carbocycles. The summed E-state index contributed by atoms with van der Waals surface area (Å²) < 4.78 is 5.16. The highest BCUT2D eigenvalue weighted by molar-refractivity contribution is 6.32. The standard InChI is InChI=1S/C24H24ClN3O3/c1-28(16-22(29)26-18-11-7-4-8-12-18)23(17-9-5-3-6-10-17)24(30)27-19-13-14-21(31-2)20(25)15-19/h3-15,23H,16H2,1-2H3,(H,26,29)(H,27,30). The third-order valence-corrected chi connectivity index (χ3v) is 4.97. The number of halogens is 1. The monoisotopic (exact) mass is 437 g/mol. The van der Waals surface area contributed by atoms with Crippen LogP contribution in [-0.2, 0) is 9.59 Å². The van der Waals surface area contributed by atoms with Gasteiger partial charge in [0.2, 0.25) is 11.8 Å². The molecule has 0 radical (unpaired) electrons. The Labute approximate surface area is 186 Å². The quantitative estimate of drug-likeness (QED) is 0.540. The zero-order chi connectivity index (χ0) is 22.2. The molecule has 1 unspecified atom stereocenters. The fraction of sp³-hybridized carbons (Fsp3) is 0.167. The van der Waals surface area contributed by atoms with E-state index in [1.54, 1.807) is 30.1 Å². The van der Waals surface area contributed by atoms with Gasteiger partial charge in [-0.25, -0.2) is 0 Å². The van der Waals surface area contributed by atoms with E-state index in [0.717, 1.165) is 5.56 Å². The largest absolute Gasteiger partial charge is 0.495 e. The lowest BCUT2D eigenvalue weighted by molar-refractivity contribution is -0.123. The van der Waals surface area contributed by atoms with E-state index >= 15 is 0 Å². The fourth-order valence-corrected chi connectivity index (χ4v) is 3.49. The van der Waals surface area contributed by atoms with Gasteiger partial charge in [0, 0.05) is 11.4 Å². The van der Waals surface area contributed by atoms with Crippen LogP contribution in [0.1, 0.15) is 11.6 Å². The predicted molar refractivity (Wildman–Crippen MR) is 124 cm³/mol. The maximum Gasteiger partial charge on any atom is 0.246 e. The first-order valence-electron chi connectivity index (χ1n) is 9.72. The Hall–Kier alpha value is -3.35. The summed E-state index contributed by atoms with van der Waals surface area (Å²) in [7, 11) is 3.27. The number of para-hydroxylation sites is 1. The number of nitrogens with one attached hydrogen (secondary N) is 2. The van der Waals surface area contributed by atoms with Gasteiger partial charge in [0.15, 0.2) is 0 Å². The minimum Gasteiger partial charge on any atom is -0.495 e. The van der Waals surface area contributed by atoms with Gasteiger partial charge in [-0.15, -0.1) is 0 Å². The lowest BCUT2D eigenvalue weighted by Crippen LogP contribution is -2.39. The number of hydrogen-bond acceptors (Lipinski definition) is 4. The summed E-state index contributed by atoms with van der Waals surface area (Å²) in [6.45, 7) is 0.0330. The van der Waals surface area contributed by atoms with E-state index in [-0.39, 0.29) is 18.4 Å². The van der Waals surface area contributed by atoms with Crippen LogP contribution in [0.5, 0.6) is 5.75 Å². The van der Waals surface area contributed by atoms with Gasteiger partial charge in [0.25, 0.3) is 0 Å². The Morgan fingerprint density at radius 1 is 0.935 bits per heavy atom. The number of nitrogens with zero attached hydrogens (tertiary/aromatic N) is 1. The van der Waals surface area contributed by atoms with Crippen molar-refractivity contribution in [2.45, 2.75) is 6.04 Å². The number of anilines is 2. The molecule has 2 N–H and O–H groups in total. The normalized spacial score (nSPS) is 11.6. The van der Waals surface area contributed by atoms with Crippen LogP contribution in [0.2, 0.25) is 5.02 Å². The average Bonchev–Trinajstić information content (AvgIpc) is 2.75. The van der Waals surface area contributed by atoms with Gasteiger partial charge in [-0.2, -0.15) is 0 Å². The number of likely N-dealkylation sites (N-methyl/N-ethyl adjacent to an activating group) is 1. The molecule has 0 fully saturated rings. The maximum atomic E-state index is 13.2. The molecule has 160 valence electrons. The van der Waals surface area contributed by atoms with Crippen molar-refractivity contribution in [2.24, 2.45) is 0 Å². The van der Waals surface area contributed by atoms with Crippen LogP contribution in [0.25, 0.3) is 0 Å². The first kappa shape index (κ1) is 22.3. The molecule has 3 aromatic rings. The summed E-state index contributed by atoms with van der Waals surface area (Å²) in [4.78, 5) is 27.4. The lowest BCUT2D eigenvalue weighted by Gasteiger charge is -2.27. The van der Waals surface area contributed by atoms with Crippen LogP contribution < -0.4 is 15.4 Å². The van der Waals surface area contributed by atoms with E-state index in [1.807, 2.05) is 60.7 Å². The highest BCUT2D eigenvalue weighted by Gasteiger charge is 2.27. The van der Waals surface area contributed by atoms with Crippen molar-refractivity contribution < 1.29 is 14.3 Å². The molecule has 0 saturated carbocycles.